The summed E-state index contributed by atoms with van der Waals surface area (Å²) < 4.78 is 5.22. The number of aromatic amines is 1. The number of carbonyl (C=O) groups is 1. The van der Waals surface area contributed by atoms with Crippen LogP contribution < -0.4 is 15.0 Å². The molecule has 4 heterocycles. The molecule has 0 unspecified atom stereocenters. The van der Waals surface area contributed by atoms with Crippen molar-refractivity contribution in [3.8, 4) is 23.1 Å². The van der Waals surface area contributed by atoms with E-state index in [9.17, 15) is 4.79 Å². The maximum absolute atomic E-state index is 11.4. The lowest BCUT2D eigenvalue weighted by Gasteiger charge is -2.40. The summed E-state index contributed by atoms with van der Waals surface area (Å²) in [6.45, 7) is 6.10. The Labute approximate surface area is 185 Å². The molecule has 0 saturated carbocycles. The van der Waals surface area contributed by atoms with E-state index in [0.717, 1.165) is 54.4 Å². The second kappa shape index (κ2) is 8.32. The smallest absolute Gasteiger partial charge is 0.410 e. The van der Waals surface area contributed by atoms with Crippen molar-refractivity contribution in [3.05, 3.63) is 59.4 Å². The third kappa shape index (κ3) is 3.88. The molecule has 0 radical (unpaired) electrons. The van der Waals surface area contributed by atoms with E-state index < -0.39 is 6.09 Å². The van der Waals surface area contributed by atoms with Gasteiger partial charge in [-0.25, -0.2) is 9.78 Å². The molecule has 2 N–H and O–H groups in total. The number of fused-ring (bicyclic) bond motifs is 1. The van der Waals surface area contributed by atoms with Crippen molar-refractivity contribution in [1.29, 1.82) is 5.26 Å². The molecule has 1 atom stereocenters. The summed E-state index contributed by atoms with van der Waals surface area (Å²) in [5.41, 5.74) is 4.64. The number of aromatic nitrogens is 3. The van der Waals surface area contributed by atoms with Crippen LogP contribution in [0.2, 0.25) is 0 Å². The van der Waals surface area contributed by atoms with Crippen LogP contribution in [0.5, 0.6) is 5.75 Å². The van der Waals surface area contributed by atoms with Gasteiger partial charge in [0.2, 0.25) is 0 Å². The highest BCUT2D eigenvalue weighted by atomic mass is 16.6. The molecule has 2 aliphatic rings. The van der Waals surface area contributed by atoms with Gasteiger partial charge in [-0.1, -0.05) is 0 Å². The minimum Gasteiger partial charge on any atom is -0.410 e. The van der Waals surface area contributed by atoms with Crippen LogP contribution in [0.4, 0.5) is 10.6 Å². The highest BCUT2D eigenvalue weighted by Gasteiger charge is 2.26. The fourth-order valence-electron chi connectivity index (χ4n) is 4.34. The quantitative estimate of drug-likeness (QED) is 0.656. The van der Waals surface area contributed by atoms with Gasteiger partial charge < -0.3 is 15.0 Å². The first-order valence-corrected chi connectivity index (χ1v) is 10.6. The number of hydrogen-bond acceptors (Lipinski definition) is 7. The van der Waals surface area contributed by atoms with E-state index in [0.29, 0.717) is 23.9 Å². The Morgan fingerprint density at radius 3 is 2.94 bits per heavy atom. The number of rotatable bonds is 4. The number of carbonyl (C=O) groups excluding carboxylic acids is 1. The van der Waals surface area contributed by atoms with Gasteiger partial charge in [-0.3, -0.25) is 10.00 Å². The third-order valence-corrected chi connectivity index (χ3v) is 5.97. The molecule has 32 heavy (non-hydrogen) atoms. The molecular formula is C23H23N7O2. The minimum atomic E-state index is -0.419. The molecule has 1 amide bonds. The number of ether oxygens (including phenoxy) is 1. The van der Waals surface area contributed by atoms with Gasteiger partial charge in [-0.05, 0) is 37.3 Å². The topological polar surface area (TPSA) is 110 Å². The van der Waals surface area contributed by atoms with E-state index in [1.54, 1.807) is 6.20 Å². The fraction of sp³-hybridized carbons (Fsp3) is 0.304. The van der Waals surface area contributed by atoms with Crippen LogP contribution in [0.25, 0.3) is 11.3 Å². The van der Waals surface area contributed by atoms with Crippen LogP contribution in [0, 0.1) is 11.3 Å². The molecular weight excluding hydrogens is 406 g/mol. The summed E-state index contributed by atoms with van der Waals surface area (Å²) in [7, 11) is 0. The molecule has 1 aromatic carbocycles. The first-order valence-electron chi connectivity index (χ1n) is 10.6. The van der Waals surface area contributed by atoms with E-state index >= 15 is 0 Å². The van der Waals surface area contributed by atoms with E-state index in [1.807, 2.05) is 36.5 Å². The first kappa shape index (κ1) is 20.0. The van der Waals surface area contributed by atoms with Crippen LogP contribution in [0.3, 0.4) is 0 Å². The number of nitrogens with one attached hydrogen (secondary N) is 2. The summed E-state index contributed by atoms with van der Waals surface area (Å²) in [5.74, 6) is 1.50. The average Bonchev–Trinajstić information content (AvgIpc) is 3.27. The Hall–Kier alpha value is -3.90. The van der Waals surface area contributed by atoms with Gasteiger partial charge in [0.1, 0.15) is 17.6 Å². The maximum Gasteiger partial charge on any atom is 0.412 e. The highest BCUT2D eigenvalue weighted by molar-refractivity contribution is 5.74. The summed E-state index contributed by atoms with van der Waals surface area (Å²) in [4.78, 5) is 20.6. The lowest BCUT2D eigenvalue weighted by atomic mass is 10.0. The fourth-order valence-corrected chi connectivity index (χ4v) is 4.34. The summed E-state index contributed by atoms with van der Waals surface area (Å²) in [6, 6.07) is 12.0. The average molecular weight is 429 g/mol. The number of H-pyrrole nitrogens is 1. The first-order chi connectivity index (χ1) is 15.6. The van der Waals surface area contributed by atoms with Gasteiger partial charge in [-0.2, -0.15) is 10.4 Å². The molecule has 5 rings (SSSR count). The Morgan fingerprint density at radius 1 is 1.25 bits per heavy atom. The Bertz CT molecular complexity index is 1180. The molecule has 0 aliphatic carbocycles. The summed E-state index contributed by atoms with van der Waals surface area (Å²) >= 11 is 0. The van der Waals surface area contributed by atoms with Crippen LogP contribution in [-0.4, -0.2) is 51.9 Å². The van der Waals surface area contributed by atoms with Crippen LogP contribution in [-0.2, 0) is 13.1 Å². The van der Waals surface area contributed by atoms with Gasteiger partial charge in [-0.15, -0.1) is 0 Å². The standard InChI is InChI=1S/C23H23N7O2/c1-15-13-29(6-7-30(15)21-5-2-16(9-24)10-25-21)14-19-12-27-28-22(19)17-3-4-20-18(8-17)11-26-23(31)32-20/h2-5,8,10,12,15H,6-7,11,13-14H2,1H3,(H,26,31)(H,27,28)/t15-/m1/s1. The Morgan fingerprint density at radius 2 is 2.16 bits per heavy atom. The second-order valence-corrected chi connectivity index (χ2v) is 8.13. The van der Waals surface area contributed by atoms with Crippen molar-refractivity contribution >= 4 is 11.9 Å². The summed E-state index contributed by atoms with van der Waals surface area (Å²) in [5, 5.41) is 19.1. The van der Waals surface area contributed by atoms with Crippen LogP contribution >= 0.6 is 0 Å². The minimum absolute atomic E-state index is 0.295. The van der Waals surface area contributed by atoms with Gasteiger partial charge in [0.05, 0.1) is 17.5 Å². The summed E-state index contributed by atoms with van der Waals surface area (Å²) in [6.07, 6.45) is 3.09. The molecule has 9 nitrogen and oxygen atoms in total. The van der Waals surface area contributed by atoms with Crippen molar-refractivity contribution in [2.45, 2.75) is 26.1 Å². The van der Waals surface area contributed by atoms with Gasteiger partial charge in [0.25, 0.3) is 0 Å². The van der Waals surface area contributed by atoms with E-state index in [2.05, 4.69) is 43.3 Å². The second-order valence-electron chi connectivity index (χ2n) is 8.13. The molecule has 3 aromatic rings. The number of piperazine rings is 1. The Kier molecular flexibility index (Phi) is 5.21. The SMILES string of the molecule is C[C@@H]1CN(Cc2cn[nH]c2-c2ccc3c(c2)CNC(=O)O3)CCN1c1ccc(C#N)cn1. The van der Waals surface area contributed by atoms with Crippen LogP contribution in [0.15, 0.2) is 42.7 Å². The Balaban J connectivity index is 1.28. The number of benzene rings is 1. The zero-order valence-corrected chi connectivity index (χ0v) is 17.7. The van der Waals surface area contributed by atoms with Crippen molar-refractivity contribution in [2.24, 2.45) is 0 Å². The monoisotopic (exact) mass is 429 g/mol. The number of anilines is 1. The zero-order chi connectivity index (χ0) is 22.1. The van der Waals surface area contributed by atoms with Gasteiger partial charge >= 0.3 is 6.09 Å². The van der Waals surface area contributed by atoms with Crippen LogP contribution in [0.1, 0.15) is 23.6 Å². The number of hydrogen-bond donors (Lipinski definition) is 2. The largest absolute Gasteiger partial charge is 0.412 e. The van der Waals surface area contributed by atoms with Crippen molar-refractivity contribution in [2.75, 3.05) is 24.5 Å². The molecule has 0 spiro atoms. The number of nitriles is 1. The predicted molar refractivity (Wildman–Crippen MR) is 118 cm³/mol. The zero-order valence-electron chi connectivity index (χ0n) is 17.7. The predicted octanol–water partition coefficient (Wildman–Crippen LogP) is 2.66. The molecule has 2 aromatic heterocycles. The number of amides is 1. The molecule has 1 fully saturated rings. The molecule has 1 saturated heterocycles. The number of pyridine rings is 1. The van der Waals surface area contributed by atoms with E-state index in [4.69, 9.17) is 10.00 Å². The van der Waals surface area contributed by atoms with E-state index in [1.165, 1.54) is 0 Å². The highest BCUT2D eigenvalue weighted by Crippen LogP contribution is 2.30. The molecule has 9 heteroatoms. The number of nitrogens with zero attached hydrogens (tertiary/aromatic N) is 5. The molecule has 0 bridgehead atoms. The molecule has 162 valence electrons. The van der Waals surface area contributed by atoms with Crippen molar-refractivity contribution in [1.82, 2.24) is 25.4 Å². The van der Waals surface area contributed by atoms with Gasteiger partial charge in [0, 0.05) is 61.7 Å². The lowest BCUT2D eigenvalue weighted by molar-refractivity contribution is 0.194. The molecule has 2 aliphatic heterocycles. The normalized spacial score (nSPS) is 18.4. The van der Waals surface area contributed by atoms with E-state index in [-0.39, 0.29) is 0 Å². The third-order valence-electron chi connectivity index (χ3n) is 5.97. The van der Waals surface area contributed by atoms with Crippen molar-refractivity contribution in [3.63, 3.8) is 0 Å². The van der Waals surface area contributed by atoms with Gasteiger partial charge in [0.15, 0.2) is 0 Å². The maximum atomic E-state index is 11.4. The van der Waals surface area contributed by atoms with Crippen molar-refractivity contribution < 1.29 is 9.53 Å². The lowest BCUT2D eigenvalue weighted by Crippen LogP contribution is -2.51.